The van der Waals surface area contributed by atoms with Crippen molar-refractivity contribution in [1.29, 1.82) is 0 Å². The number of carbonyl (C=O) groups excluding carboxylic acids is 2. The molecule has 0 radical (unpaired) electrons. The van der Waals surface area contributed by atoms with Crippen molar-refractivity contribution in [2.24, 2.45) is 5.92 Å². The highest BCUT2D eigenvalue weighted by Gasteiger charge is 2.36. The summed E-state index contributed by atoms with van der Waals surface area (Å²) in [5.41, 5.74) is 0.810. The average Bonchev–Trinajstić information content (AvgIpc) is 2.82. The van der Waals surface area contributed by atoms with Gasteiger partial charge in [-0.25, -0.2) is 17.6 Å². The van der Waals surface area contributed by atoms with Gasteiger partial charge in [-0.15, -0.1) is 0 Å². The van der Waals surface area contributed by atoms with Gasteiger partial charge in [-0.05, 0) is 56.9 Å². The van der Waals surface area contributed by atoms with Crippen molar-refractivity contribution in [3.05, 3.63) is 35.3 Å². The first-order chi connectivity index (χ1) is 16.1. The third kappa shape index (κ3) is 6.57. The number of piperazine rings is 1. The van der Waals surface area contributed by atoms with Crippen LogP contribution in [0.2, 0.25) is 0 Å². The van der Waals surface area contributed by atoms with Crippen LogP contribution < -0.4 is 10.2 Å². The van der Waals surface area contributed by atoms with Crippen molar-refractivity contribution in [3.8, 4) is 0 Å². The molecule has 34 heavy (non-hydrogen) atoms. The summed E-state index contributed by atoms with van der Waals surface area (Å²) >= 11 is 0. The van der Waals surface area contributed by atoms with E-state index in [-0.39, 0.29) is 49.0 Å². The zero-order chi connectivity index (χ0) is 24.9. The van der Waals surface area contributed by atoms with E-state index in [1.54, 1.807) is 17.0 Å². The Bertz CT molecular complexity index is 938. The predicted octanol–water partition coefficient (Wildman–Crippen LogP) is 1.43. The first kappa shape index (κ1) is 26.2. The lowest BCUT2D eigenvalue weighted by Crippen LogP contribution is -2.55. The van der Waals surface area contributed by atoms with E-state index in [4.69, 9.17) is 0 Å². The third-order valence-electron chi connectivity index (χ3n) is 6.34. The fourth-order valence-corrected chi connectivity index (χ4v) is 6.32. The molecule has 2 aliphatic rings. The molecule has 2 fully saturated rings. The molecule has 2 atom stereocenters. The monoisotopic (exact) mass is 498 g/mol. The molecule has 2 aliphatic heterocycles. The average molecular weight is 499 g/mol. The third-order valence-corrected chi connectivity index (χ3v) is 8.25. The molecule has 1 aromatic rings. The summed E-state index contributed by atoms with van der Waals surface area (Å²) in [5.74, 6) is -1.27. The molecule has 0 aromatic heterocycles. The van der Waals surface area contributed by atoms with Crippen molar-refractivity contribution in [2.75, 3.05) is 49.9 Å². The van der Waals surface area contributed by atoms with Gasteiger partial charge in [0.05, 0.1) is 5.75 Å². The van der Waals surface area contributed by atoms with Gasteiger partial charge in [-0.2, -0.15) is 4.31 Å². The first-order valence-electron chi connectivity index (χ1n) is 11.5. The zero-order valence-corrected chi connectivity index (χ0v) is 20.4. The molecule has 0 spiro atoms. The van der Waals surface area contributed by atoms with Crippen molar-refractivity contribution in [2.45, 2.75) is 38.8 Å². The lowest BCUT2D eigenvalue weighted by Gasteiger charge is -2.44. The fraction of sp³-hybridized carbons (Fsp3) is 0.636. The number of piperidine rings is 1. The van der Waals surface area contributed by atoms with Crippen molar-refractivity contribution < 1.29 is 22.4 Å². The van der Waals surface area contributed by atoms with Crippen LogP contribution in [-0.4, -0.2) is 92.2 Å². The van der Waals surface area contributed by atoms with E-state index in [0.717, 1.165) is 5.69 Å². The van der Waals surface area contributed by atoms with E-state index >= 15 is 0 Å². The van der Waals surface area contributed by atoms with Gasteiger partial charge < -0.3 is 25.4 Å². The number of anilines is 1. The van der Waals surface area contributed by atoms with Gasteiger partial charge >= 0.3 is 6.03 Å². The molecular formula is C22H33FN5O5S-. The Hall–Kier alpha value is -2.44. The van der Waals surface area contributed by atoms with Crippen LogP contribution in [-0.2, 0) is 14.8 Å². The minimum atomic E-state index is -3.83. The van der Waals surface area contributed by atoms with E-state index in [0.29, 0.717) is 32.5 Å². The Balaban J connectivity index is 1.65. The summed E-state index contributed by atoms with van der Waals surface area (Å²) in [6, 6.07) is 4.64. The van der Waals surface area contributed by atoms with Crippen LogP contribution >= 0.6 is 0 Å². The highest BCUT2D eigenvalue weighted by Crippen LogP contribution is 2.26. The van der Waals surface area contributed by atoms with E-state index in [2.05, 4.69) is 5.32 Å². The van der Waals surface area contributed by atoms with Gasteiger partial charge in [0.25, 0.3) is 0 Å². The first-order valence-corrected chi connectivity index (χ1v) is 13.2. The Morgan fingerprint density at radius 3 is 2.44 bits per heavy atom. The highest BCUT2D eigenvalue weighted by atomic mass is 32.2. The Labute approximate surface area is 200 Å². The zero-order valence-electron chi connectivity index (χ0n) is 19.6. The lowest BCUT2D eigenvalue weighted by molar-refractivity contribution is -0.118. The molecule has 0 aliphatic carbocycles. The standard InChI is InChI=1S/C22H33FN5O5S/c1-17(2)24-22(30)26-9-3-4-18(14-26)21(28(31)16-29)15-34(32,33)27-12-10-25(11-13-27)20-7-5-19(23)6-8-20/h5-8,16-18,21H,3-4,9-15H2,1-2H3,(H,24,30)/q-1. The predicted molar refractivity (Wildman–Crippen MR) is 127 cm³/mol. The van der Waals surface area contributed by atoms with Gasteiger partial charge in [-0.3, -0.25) is 4.79 Å². The quantitative estimate of drug-likeness (QED) is 0.428. The second-order valence-electron chi connectivity index (χ2n) is 9.13. The van der Waals surface area contributed by atoms with E-state index in [1.807, 2.05) is 18.7 Å². The molecule has 1 N–H and O–H groups in total. The molecule has 3 rings (SSSR count). The Morgan fingerprint density at radius 2 is 1.85 bits per heavy atom. The maximum Gasteiger partial charge on any atom is 0.317 e. The van der Waals surface area contributed by atoms with Crippen LogP contribution in [0.5, 0.6) is 0 Å². The minimum absolute atomic E-state index is 0.0522. The normalized spacial score (nSPS) is 20.8. The van der Waals surface area contributed by atoms with Crippen molar-refractivity contribution in [1.82, 2.24) is 19.6 Å². The summed E-state index contributed by atoms with van der Waals surface area (Å²) in [4.78, 5) is 27.3. The molecule has 2 unspecified atom stereocenters. The number of hydroxylamine groups is 2. The molecule has 2 saturated heterocycles. The topological polar surface area (TPSA) is 116 Å². The second kappa shape index (κ2) is 11.3. The van der Waals surface area contributed by atoms with Gasteiger partial charge in [-0.1, -0.05) is 0 Å². The maximum atomic E-state index is 13.2. The van der Waals surface area contributed by atoms with Crippen LogP contribution in [0.15, 0.2) is 24.3 Å². The molecule has 12 heteroatoms. The summed E-state index contributed by atoms with van der Waals surface area (Å²) < 4.78 is 40.9. The number of sulfonamides is 1. The summed E-state index contributed by atoms with van der Waals surface area (Å²) in [6.45, 7) is 5.71. The van der Waals surface area contributed by atoms with E-state index in [1.165, 1.54) is 16.4 Å². The SMILES string of the molecule is CC(C)NC(=O)N1CCCC(C(CS(=O)(=O)N2CCN(c3ccc(F)cc3)CC2)N([O-])C=O)C1. The van der Waals surface area contributed by atoms with Crippen LogP contribution in [0.25, 0.3) is 0 Å². The van der Waals surface area contributed by atoms with E-state index < -0.39 is 27.7 Å². The van der Waals surface area contributed by atoms with Crippen LogP contribution in [0.4, 0.5) is 14.9 Å². The van der Waals surface area contributed by atoms with Gasteiger partial charge in [0.15, 0.2) is 6.41 Å². The number of halogens is 1. The number of nitrogens with zero attached hydrogens (tertiary/aromatic N) is 4. The number of hydrogen-bond acceptors (Lipinski definition) is 6. The number of amides is 3. The number of rotatable bonds is 8. The second-order valence-corrected chi connectivity index (χ2v) is 11.1. The van der Waals surface area contributed by atoms with Crippen LogP contribution in [0, 0.1) is 16.9 Å². The van der Waals surface area contributed by atoms with Crippen molar-refractivity contribution >= 4 is 28.2 Å². The summed E-state index contributed by atoms with van der Waals surface area (Å²) in [5, 5.41) is 15.4. The largest absolute Gasteiger partial charge is 0.756 e. The van der Waals surface area contributed by atoms with Gasteiger partial charge in [0.1, 0.15) is 5.82 Å². The number of hydrogen-bond donors (Lipinski definition) is 1. The Morgan fingerprint density at radius 1 is 1.21 bits per heavy atom. The number of urea groups is 1. The lowest BCUT2D eigenvalue weighted by atomic mass is 9.91. The number of likely N-dealkylation sites (tertiary alicyclic amines) is 1. The summed E-state index contributed by atoms with van der Waals surface area (Å²) in [6.07, 6.45) is 1.28. The maximum absolute atomic E-state index is 13.2. The molecule has 2 heterocycles. The molecule has 3 amide bonds. The van der Waals surface area contributed by atoms with E-state index in [9.17, 15) is 27.6 Å². The molecule has 10 nitrogen and oxygen atoms in total. The molecule has 0 saturated carbocycles. The van der Waals surface area contributed by atoms with Gasteiger partial charge in [0, 0.05) is 57.0 Å². The molecule has 1 aromatic carbocycles. The Kier molecular flexibility index (Phi) is 8.72. The van der Waals surface area contributed by atoms with Crippen LogP contribution in [0.1, 0.15) is 26.7 Å². The van der Waals surface area contributed by atoms with Crippen LogP contribution in [0.3, 0.4) is 0 Å². The molecule has 0 bridgehead atoms. The summed E-state index contributed by atoms with van der Waals surface area (Å²) in [7, 11) is -3.83. The molecular weight excluding hydrogens is 465 g/mol. The number of nitrogens with one attached hydrogen (secondary N) is 1. The van der Waals surface area contributed by atoms with Gasteiger partial charge in [0.2, 0.25) is 10.0 Å². The highest BCUT2D eigenvalue weighted by molar-refractivity contribution is 7.89. The number of benzene rings is 1. The smallest absolute Gasteiger partial charge is 0.317 e. The fourth-order valence-electron chi connectivity index (χ4n) is 4.54. The number of carbonyl (C=O) groups is 2. The van der Waals surface area contributed by atoms with Crippen molar-refractivity contribution in [3.63, 3.8) is 0 Å². The molecule has 190 valence electrons. The minimum Gasteiger partial charge on any atom is -0.756 e.